The summed E-state index contributed by atoms with van der Waals surface area (Å²) in [5.41, 5.74) is 7.94. The molecule has 1 aliphatic rings. The van der Waals surface area contributed by atoms with Crippen molar-refractivity contribution in [2.45, 2.75) is 38.3 Å². The molecule has 0 bridgehead atoms. The lowest BCUT2D eigenvalue weighted by atomic mass is 9.99. The van der Waals surface area contributed by atoms with Crippen LogP contribution in [0, 0.1) is 0 Å². The summed E-state index contributed by atoms with van der Waals surface area (Å²) >= 11 is 3.56. The summed E-state index contributed by atoms with van der Waals surface area (Å²) in [4.78, 5) is 2.47. The van der Waals surface area contributed by atoms with Crippen LogP contribution < -0.4 is 5.73 Å². The second-order valence-electron chi connectivity index (χ2n) is 4.95. The highest BCUT2D eigenvalue weighted by atomic mass is 79.9. The molecule has 2 rings (SSSR count). The van der Waals surface area contributed by atoms with E-state index in [4.69, 9.17) is 10.8 Å². The van der Waals surface area contributed by atoms with Gasteiger partial charge in [-0.15, -0.1) is 0 Å². The number of nitrogen functional groups attached to an aromatic ring is 1. The minimum atomic E-state index is 0.277. The van der Waals surface area contributed by atoms with Gasteiger partial charge in [0.1, 0.15) is 0 Å². The van der Waals surface area contributed by atoms with Crippen LogP contribution in [0.2, 0.25) is 0 Å². The lowest BCUT2D eigenvalue weighted by Gasteiger charge is -2.35. The SMILES string of the molecule is Nc1cccc(CN2CCCCC2CCO)c1Br. The summed E-state index contributed by atoms with van der Waals surface area (Å²) in [6.45, 7) is 2.31. The Morgan fingerprint density at radius 1 is 1.39 bits per heavy atom. The van der Waals surface area contributed by atoms with Crippen LogP contribution in [0.15, 0.2) is 22.7 Å². The van der Waals surface area contributed by atoms with Crippen molar-refractivity contribution in [3.63, 3.8) is 0 Å². The van der Waals surface area contributed by atoms with E-state index in [-0.39, 0.29) is 6.61 Å². The van der Waals surface area contributed by atoms with Gasteiger partial charge in [-0.05, 0) is 53.4 Å². The first kappa shape index (κ1) is 13.8. The van der Waals surface area contributed by atoms with Crippen LogP contribution in [0.4, 0.5) is 5.69 Å². The third-order valence-electron chi connectivity index (χ3n) is 3.69. The van der Waals surface area contributed by atoms with Gasteiger partial charge in [-0.2, -0.15) is 0 Å². The molecule has 18 heavy (non-hydrogen) atoms. The number of hydrogen-bond acceptors (Lipinski definition) is 3. The van der Waals surface area contributed by atoms with E-state index in [9.17, 15) is 0 Å². The third-order valence-corrected chi connectivity index (χ3v) is 4.66. The second-order valence-corrected chi connectivity index (χ2v) is 5.75. The first-order chi connectivity index (χ1) is 8.72. The first-order valence-corrected chi connectivity index (χ1v) is 7.39. The van der Waals surface area contributed by atoms with Gasteiger partial charge in [0.15, 0.2) is 0 Å². The summed E-state index contributed by atoms with van der Waals surface area (Å²) in [6, 6.07) is 6.54. The van der Waals surface area contributed by atoms with E-state index in [0.717, 1.165) is 29.7 Å². The van der Waals surface area contributed by atoms with Crippen LogP contribution in [0.25, 0.3) is 0 Å². The van der Waals surface area contributed by atoms with Crippen LogP contribution in [0.1, 0.15) is 31.2 Å². The Hall–Kier alpha value is -0.580. The molecule has 0 aromatic heterocycles. The molecule has 0 saturated carbocycles. The van der Waals surface area contributed by atoms with E-state index >= 15 is 0 Å². The Balaban J connectivity index is 2.08. The highest BCUT2D eigenvalue weighted by molar-refractivity contribution is 9.10. The molecule has 4 heteroatoms. The van der Waals surface area contributed by atoms with E-state index < -0.39 is 0 Å². The summed E-state index contributed by atoms with van der Waals surface area (Å²) in [7, 11) is 0. The van der Waals surface area contributed by atoms with Crippen molar-refractivity contribution >= 4 is 21.6 Å². The number of hydrogen-bond donors (Lipinski definition) is 2. The summed E-state index contributed by atoms with van der Waals surface area (Å²) in [5.74, 6) is 0. The number of aliphatic hydroxyl groups excluding tert-OH is 1. The van der Waals surface area contributed by atoms with Crippen molar-refractivity contribution in [1.82, 2.24) is 4.90 Å². The fraction of sp³-hybridized carbons (Fsp3) is 0.571. The van der Waals surface area contributed by atoms with Crippen LogP contribution in [-0.2, 0) is 6.54 Å². The van der Waals surface area contributed by atoms with Gasteiger partial charge in [0.25, 0.3) is 0 Å². The topological polar surface area (TPSA) is 49.5 Å². The number of anilines is 1. The van der Waals surface area contributed by atoms with Gasteiger partial charge in [0.2, 0.25) is 0 Å². The van der Waals surface area contributed by atoms with Crippen LogP contribution >= 0.6 is 15.9 Å². The molecule has 0 amide bonds. The Bertz CT molecular complexity index is 395. The highest BCUT2D eigenvalue weighted by Gasteiger charge is 2.22. The Labute approximate surface area is 117 Å². The van der Waals surface area contributed by atoms with Crippen molar-refractivity contribution in [3.05, 3.63) is 28.2 Å². The van der Waals surface area contributed by atoms with Gasteiger partial charge in [0.05, 0.1) is 0 Å². The first-order valence-electron chi connectivity index (χ1n) is 6.60. The van der Waals surface area contributed by atoms with Gasteiger partial charge in [0, 0.05) is 29.4 Å². The van der Waals surface area contributed by atoms with Gasteiger partial charge < -0.3 is 10.8 Å². The monoisotopic (exact) mass is 312 g/mol. The zero-order valence-electron chi connectivity index (χ0n) is 10.6. The predicted molar refractivity (Wildman–Crippen MR) is 78.3 cm³/mol. The minimum absolute atomic E-state index is 0.277. The molecular formula is C14H21BrN2O. The summed E-state index contributed by atoms with van der Waals surface area (Å²) < 4.78 is 1.01. The van der Waals surface area contributed by atoms with Crippen molar-refractivity contribution in [3.8, 4) is 0 Å². The van der Waals surface area contributed by atoms with E-state index in [1.165, 1.54) is 24.8 Å². The maximum atomic E-state index is 9.15. The number of likely N-dealkylation sites (tertiary alicyclic amines) is 1. The van der Waals surface area contributed by atoms with Gasteiger partial charge in [-0.25, -0.2) is 0 Å². The molecule has 1 saturated heterocycles. The Morgan fingerprint density at radius 2 is 2.22 bits per heavy atom. The highest BCUT2D eigenvalue weighted by Crippen LogP contribution is 2.28. The normalized spacial score (nSPS) is 21.1. The number of piperidine rings is 1. The van der Waals surface area contributed by atoms with Crippen molar-refractivity contribution < 1.29 is 5.11 Å². The van der Waals surface area contributed by atoms with Gasteiger partial charge >= 0.3 is 0 Å². The molecule has 1 aliphatic heterocycles. The van der Waals surface area contributed by atoms with Gasteiger partial charge in [-0.3, -0.25) is 4.90 Å². The number of halogens is 1. The molecular weight excluding hydrogens is 292 g/mol. The van der Waals surface area contributed by atoms with Crippen molar-refractivity contribution in [2.75, 3.05) is 18.9 Å². The fourth-order valence-electron chi connectivity index (χ4n) is 2.68. The number of rotatable bonds is 4. The van der Waals surface area contributed by atoms with Crippen LogP contribution in [0.3, 0.4) is 0 Å². The molecule has 3 nitrogen and oxygen atoms in total. The maximum absolute atomic E-state index is 9.15. The van der Waals surface area contributed by atoms with E-state index in [2.05, 4.69) is 26.9 Å². The number of nitrogens with zero attached hydrogens (tertiary/aromatic N) is 1. The predicted octanol–water partition coefficient (Wildman–Crippen LogP) is 2.77. The smallest absolute Gasteiger partial charge is 0.0461 e. The average molecular weight is 313 g/mol. The van der Waals surface area contributed by atoms with Crippen LogP contribution in [0.5, 0.6) is 0 Å². The Morgan fingerprint density at radius 3 is 3.00 bits per heavy atom. The number of aliphatic hydroxyl groups is 1. The molecule has 100 valence electrons. The molecule has 0 aliphatic carbocycles. The van der Waals surface area contributed by atoms with Crippen molar-refractivity contribution in [1.29, 1.82) is 0 Å². The summed E-state index contributed by atoms with van der Waals surface area (Å²) in [6.07, 6.45) is 4.60. The molecule has 1 fully saturated rings. The molecule has 1 unspecified atom stereocenters. The quantitative estimate of drug-likeness (QED) is 0.841. The molecule has 1 atom stereocenters. The van der Waals surface area contributed by atoms with E-state index in [0.29, 0.717) is 6.04 Å². The molecule has 0 radical (unpaired) electrons. The number of nitrogens with two attached hydrogens (primary N) is 1. The van der Waals surface area contributed by atoms with Crippen molar-refractivity contribution in [2.24, 2.45) is 0 Å². The lowest BCUT2D eigenvalue weighted by Crippen LogP contribution is -2.39. The minimum Gasteiger partial charge on any atom is -0.398 e. The fourth-order valence-corrected chi connectivity index (χ4v) is 3.07. The molecule has 0 spiro atoms. The molecule has 1 aromatic carbocycles. The van der Waals surface area contributed by atoms with E-state index in [1.54, 1.807) is 0 Å². The average Bonchev–Trinajstić information content (AvgIpc) is 2.37. The third kappa shape index (κ3) is 3.25. The van der Waals surface area contributed by atoms with Gasteiger partial charge in [-0.1, -0.05) is 18.6 Å². The standard InChI is InChI=1S/C14H21BrN2O/c15-14-11(4-3-6-13(14)16)10-17-8-2-1-5-12(17)7-9-18/h3-4,6,12,18H,1-2,5,7-10,16H2. The Kier molecular flexibility index (Phi) is 5.03. The largest absolute Gasteiger partial charge is 0.398 e. The maximum Gasteiger partial charge on any atom is 0.0461 e. The zero-order valence-corrected chi connectivity index (χ0v) is 12.2. The second kappa shape index (κ2) is 6.55. The lowest BCUT2D eigenvalue weighted by molar-refractivity contribution is 0.112. The molecule has 1 heterocycles. The molecule has 1 aromatic rings. The van der Waals surface area contributed by atoms with E-state index in [1.807, 2.05) is 12.1 Å². The number of benzene rings is 1. The summed E-state index contributed by atoms with van der Waals surface area (Å²) in [5, 5.41) is 9.15. The zero-order chi connectivity index (χ0) is 13.0. The molecule has 3 N–H and O–H groups in total. The van der Waals surface area contributed by atoms with Crippen LogP contribution in [-0.4, -0.2) is 29.2 Å².